The summed E-state index contributed by atoms with van der Waals surface area (Å²) in [7, 11) is 0. The molecule has 0 saturated carbocycles. The molecular weight excluding hydrogens is 521 g/mol. The average molecular weight is 546 g/mol. The molecule has 2 aromatic carbocycles. The van der Waals surface area contributed by atoms with Crippen LogP contribution in [0.5, 0.6) is 0 Å². The largest absolute Gasteiger partial charge is 0.461 e. The number of esters is 2. The van der Waals surface area contributed by atoms with Crippen molar-refractivity contribution in [3.05, 3.63) is 70.0 Å². The summed E-state index contributed by atoms with van der Waals surface area (Å²) in [6.45, 7) is 6.18. The van der Waals surface area contributed by atoms with Crippen LogP contribution in [0.15, 0.2) is 53.4 Å². The van der Waals surface area contributed by atoms with E-state index in [9.17, 15) is 9.59 Å². The highest BCUT2D eigenvalue weighted by molar-refractivity contribution is 7.99. The fraction of sp³-hybridized carbons (Fsp3) is 0.231. The topological polar surface area (TPSA) is 104 Å². The van der Waals surface area contributed by atoms with Gasteiger partial charge < -0.3 is 15.2 Å². The van der Waals surface area contributed by atoms with Crippen LogP contribution in [0.1, 0.15) is 41.7 Å². The standard InChI is InChI=1S/C14H14ClNO2S.C12H11ClN2O2/c1-3-18-14(17)13-12(19-4-2)8-9-7-10(15)5-6-11(9)16-13;1-2-17-12(16)11-9(14)6-7-5-8(13)3-4-10(7)15-11/h5-8H,3-4H2,1-2H3;3-6H,2,14H2,1H3. The van der Waals surface area contributed by atoms with Crippen molar-refractivity contribution < 1.29 is 19.1 Å². The Morgan fingerprint density at radius 1 is 0.806 bits per heavy atom. The number of ether oxygens (including phenoxy) is 2. The Labute approximate surface area is 223 Å². The number of hydrogen-bond acceptors (Lipinski definition) is 8. The number of nitrogens with zero attached hydrogens (tertiary/aromatic N) is 2. The number of nitrogen functional groups attached to an aromatic ring is 1. The third-order valence-electron chi connectivity index (χ3n) is 4.79. The molecule has 7 nitrogen and oxygen atoms in total. The second-order valence-corrected chi connectivity index (χ2v) is 9.49. The van der Waals surface area contributed by atoms with E-state index in [1.165, 1.54) is 0 Å². The molecule has 0 aliphatic carbocycles. The Bertz CT molecular complexity index is 1420. The Morgan fingerprint density at radius 3 is 1.83 bits per heavy atom. The molecule has 10 heteroatoms. The van der Waals surface area contributed by atoms with Gasteiger partial charge in [-0.05, 0) is 68.1 Å². The van der Waals surface area contributed by atoms with Gasteiger partial charge in [0.05, 0.1) is 29.9 Å². The van der Waals surface area contributed by atoms with E-state index in [4.69, 9.17) is 38.4 Å². The highest BCUT2D eigenvalue weighted by Crippen LogP contribution is 2.28. The molecule has 0 bridgehead atoms. The Balaban J connectivity index is 0.000000202. The summed E-state index contributed by atoms with van der Waals surface area (Å²) >= 11 is 13.4. The molecule has 0 spiro atoms. The lowest BCUT2D eigenvalue weighted by Crippen LogP contribution is -2.10. The molecule has 2 heterocycles. The Morgan fingerprint density at radius 2 is 1.31 bits per heavy atom. The molecule has 2 N–H and O–H groups in total. The summed E-state index contributed by atoms with van der Waals surface area (Å²) < 4.78 is 9.92. The number of fused-ring (bicyclic) bond motifs is 2. The average Bonchev–Trinajstić information content (AvgIpc) is 2.84. The van der Waals surface area contributed by atoms with E-state index >= 15 is 0 Å². The van der Waals surface area contributed by atoms with Gasteiger partial charge in [-0.2, -0.15) is 0 Å². The number of halogens is 2. The van der Waals surface area contributed by atoms with Crippen molar-refractivity contribution in [3.63, 3.8) is 0 Å². The number of hydrogen-bond donors (Lipinski definition) is 1. The quantitative estimate of drug-likeness (QED) is 0.207. The minimum atomic E-state index is -0.512. The third kappa shape index (κ3) is 6.78. The van der Waals surface area contributed by atoms with Crippen LogP contribution in [0.4, 0.5) is 5.69 Å². The van der Waals surface area contributed by atoms with E-state index in [0.29, 0.717) is 40.2 Å². The molecule has 36 heavy (non-hydrogen) atoms. The predicted octanol–water partition coefficient (Wildman–Crippen LogP) is 6.82. The van der Waals surface area contributed by atoms with E-state index in [1.807, 2.05) is 19.1 Å². The van der Waals surface area contributed by atoms with Crippen LogP contribution in [-0.4, -0.2) is 40.9 Å². The van der Waals surface area contributed by atoms with Gasteiger partial charge in [0.15, 0.2) is 11.4 Å². The number of rotatable bonds is 6. The molecule has 0 aliphatic heterocycles. The molecular formula is C26H25Cl2N3O4S. The minimum absolute atomic E-state index is 0.140. The number of carbonyl (C=O) groups excluding carboxylic acids is 2. The van der Waals surface area contributed by atoms with Crippen molar-refractivity contribution in [2.75, 3.05) is 24.7 Å². The van der Waals surface area contributed by atoms with Crippen molar-refractivity contribution in [2.45, 2.75) is 25.7 Å². The van der Waals surface area contributed by atoms with Crippen LogP contribution in [-0.2, 0) is 9.47 Å². The smallest absolute Gasteiger partial charge is 0.359 e. The van der Waals surface area contributed by atoms with Crippen LogP contribution in [0, 0.1) is 0 Å². The molecule has 188 valence electrons. The van der Waals surface area contributed by atoms with Crippen LogP contribution >= 0.6 is 35.0 Å². The van der Waals surface area contributed by atoms with Gasteiger partial charge in [0, 0.05) is 25.7 Å². The van der Waals surface area contributed by atoms with E-state index in [1.54, 1.807) is 62.0 Å². The van der Waals surface area contributed by atoms with Gasteiger partial charge in [0.1, 0.15) is 0 Å². The lowest BCUT2D eigenvalue weighted by atomic mass is 10.2. The first-order chi connectivity index (χ1) is 17.3. The lowest BCUT2D eigenvalue weighted by Gasteiger charge is -2.09. The number of carbonyl (C=O) groups is 2. The number of benzene rings is 2. The van der Waals surface area contributed by atoms with Crippen molar-refractivity contribution in [1.82, 2.24) is 9.97 Å². The van der Waals surface area contributed by atoms with Gasteiger partial charge in [-0.1, -0.05) is 30.1 Å². The Hall–Kier alpha value is -3.07. The zero-order valence-corrected chi connectivity index (χ0v) is 22.3. The van der Waals surface area contributed by atoms with E-state index < -0.39 is 5.97 Å². The van der Waals surface area contributed by atoms with Crippen LogP contribution in [0.3, 0.4) is 0 Å². The summed E-state index contributed by atoms with van der Waals surface area (Å²) in [5.41, 5.74) is 7.97. The maximum Gasteiger partial charge on any atom is 0.359 e. The molecule has 0 atom stereocenters. The molecule has 0 saturated heterocycles. The zero-order valence-electron chi connectivity index (χ0n) is 20.0. The first kappa shape index (κ1) is 27.5. The number of anilines is 1. The molecule has 2 aromatic heterocycles. The molecule has 4 rings (SSSR count). The van der Waals surface area contributed by atoms with Gasteiger partial charge in [-0.15, -0.1) is 11.8 Å². The van der Waals surface area contributed by atoms with Crippen LogP contribution < -0.4 is 5.73 Å². The van der Waals surface area contributed by atoms with Gasteiger partial charge in [0.25, 0.3) is 0 Å². The first-order valence-corrected chi connectivity index (χ1v) is 12.9. The fourth-order valence-corrected chi connectivity index (χ4v) is 4.41. The molecule has 0 unspecified atom stereocenters. The minimum Gasteiger partial charge on any atom is -0.461 e. The molecule has 0 radical (unpaired) electrons. The van der Waals surface area contributed by atoms with Gasteiger partial charge >= 0.3 is 11.9 Å². The van der Waals surface area contributed by atoms with Crippen molar-refractivity contribution in [2.24, 2.45) is 0 Å². The van der Waals surface area contributed by atoms with Crippen molar-refractivity contribution >= 4 is 74.4 Å². The van der Waals surface area contributed by atoms with Crippen LogP contribution in [0.25, 0.3) is 21.8 Å². The summed E-state index contributed by atoms with van der Waals surface area (Å²) in [6, 6.07) is 14.2. The molecule has 4 aromatic rings. The lowest BCUT2D eigenvalue weighted by molar-refractivity contribution is 0.0508. The monoisotopic (exact) mass is 545 g/mol. The number of pyridine rings is 2. The van der Waals surface area contributed by atoms with Gasteiger partial charge in [0.2, 0.25) is 0 Å². The Kier molecular flexibility index (Phi) is 9.75. The van der Waals surface area contributed by atoms with Gasteiger partial charge in [-0.3, -0.25) is 0 Å². The van der Waals surface area contributed by atoms with Gasteiger partial charge in [-0.25, -0.2) is 19.6 Å². The normalized spacial score (nSPS) is 10.6. The summed E-state index contributed by atoms with van der Waals surface area (Å²) in [5, 5.41) is 2.98. The van der Waals surface area contributed by atoms with Crippen molar-refractivity contribution in [1.29, 1.82) is 0 Å². The maximum absolute atomic E-state index is 11.9. The summed E-state index contributed by atoms with van der Waals surface area (Å²) in [5.74, 6) is -0.0303. The first-order valence-electron chi connectivity index (χ1n) is 11.2. The van der Waals surface area contributed by atoms with Crippen molar-refractivity contribution in [3.8, 4) is 0 Å². The second kappa shape index (κ2) is 12.8. The maximum atomic E-state index is 11.9. The molecule has 0 amide bonds. The predicted molar refractivity (Wildman–Crippen MR) is 146 cm³/mol. The highest BCUT2D eigenvalue weighted by atomic mass is 35.5. The van der Waals surface area contributed by atoms with E-state index in [2.05, 4.69) is 9.97 Å². The third-order valence-corrected chi connectivity index (χ3v) is 6.17. The second-order valence-electron chi connectivity index (χ2n) is 7.31. The SMILES string of the molecule is CCOC(=O)c1nc2ccc(Cl)cc2cc1N.CCOC(=O)c1nc2ccc(Cl)cc2cc1SCC. The molecule has 0 fully saturated rings. The summed E-state index contributed by atoms with van der Waals surface area (Å²) in [4.78, 5) is 32.9. The van der Waals surface area contributed by atoms with E-state index in [0.717, 1.165) is 26.9 Å². The van der Waals surface area contributed by atoms with E-state index in [-0.39, 0.29) is 11.7 Å². The molecule has 0 aliphatic rings. The number of nitrogens with two attached hydrogens (primary N) is 1. The van der Waals surface area contributed by atoms with Crippen LogP contribution in [0.2, 0.25) is 10.0 Å². The highest BCUT2D eigenvalue weighted by Gasteiger charge is 2.16. The zero-order chi connectivity index (χ0) is 26.2. The number of aromatic nitrogens is 2. The summed E-state index contributed by atoms with van der Waals surface area (Å²) in [6.07, 6.45) is 0. The number of thioether (sulfide) groups is 1. The fourth-order valence-electron chi connectivity index (χ4n) is 3.27.